The maximum Gasteiger partial charge on any atom is 0.303 e. The number of carboxylic acid groups (broad SMARTS) is 1. The van der Waals surface area contributed by atoms with Gasteiger partial charge in [0.15, 0.2) is 0 Å². The van der Waals surface area contributed by atoms with Gasteiger partial charge < -0.3 is 10.2 Å². The van der Waals surface area contributed by atoms with Crippen LogP contribution in [0.25, 0.3) is 0 Å². The summed E-state index contributed by atoms with van der Waals surface area (Å²) in [6, 6.07) is 0. The summed E-state index contributed by atoms with van der Waals surface area (Å²) in [6.07, 6.45) is 3.02. The highest BCUT2D eigenvalue weighted by Crippen LogP contribution is 1.89. The van der Waals surface area contributed by atoms with E-state index in [1.807, 2.05) is 13.8 Å². The molecule has 0 aliphatic carbocycles. The predicted molar refractivity (Wildman–Crippen MR) is 44.5 cm³/mol. The molecule has 0 atom stereocenters. The lowest BCUT2D eigenvalue weighted by atomic mass is 10.2. The first kappa shape index (κ1) is 12.7. The number of rotatable bonds is 2. The summed E-state index contributed by atoms with van der Waals surface area (Å²) in [4.78, 5) is 9.37. The molecule has 0 aromatic heterocycles. The van der Waals surface area contributed by atoms with Crippen molar-refractivity contribution in [3.63, 3.8) is 0 Å². The van der Waals surface area contributed by atoms with Crippen molar-refractivity contribution in [2.75, 3.05) is 0 Å². The Balaban J connectivity index is 0. The molecule has 11 heavy (non-hydrogen) atoms. The molecule has 2 N–H and O–H groups in total. The fourth-order valence-corrected chi connectivity index (χ4v) is 0.172. The van der Waals surface area contributed by atoms with Crippen LogP contribution in [0.15, 0.2) is 12.3 Å². The molecule has 0 saturated heterocycles. The lowest BCUT2D eigenvalue weighted by molar-refractivity contribution is -0.136. The van der Waals surface area contributed by atoms with Gasteiger partial charge in [-0.05, 0) is 12.0 Å². The number of carbonyl (C=O) groups is 1. The molecule has 66 valence electrons. The van der Waals surface area contributed by atoms with Crippen molar-refractivity contribution in [1.29, 1.82) is 0 Å². The third-order valence-corrected chi connectivity index (χ3v) is 0.773. The van der Waals surface area contributed by atoms with Crippen LogP contribution in [0.2, 0.25) is 0 Å². The van der Waals surface area contributed by atoms with Gasteiger partial charge in [0.05, 0.1) is 6.26 Å². The molecule has 0 fully saturated rings. The number of aliphatic hydroxyl groups is 1. The Bertz CT molecular complexity index is 117. The van der Waals surface area contributed by atoms with Gasteiger partial charge in [0.25, 0.3) is 0 Å². The third kappa shape index (κ3) is 27.5. The van der Waals surface area contributed by atoms with Crippen molar-refractivity contribution in [3.8, 4) is 0 Å². The zero-order valence-electron chi connectivity index (χ0n) is 7.24. The van der Waals surface area contributed by atoms with E-state index in [1.54, 1.807) is 13.0 Å². The van der Waals surface area contributed by atoms with Gasteiger partial charge in [-0.1, -0.05) is 20.8 Å². The predicted octanol–water partition coefficient (Wildman–Crippen LogP) is 2.20. The number of allylic oxidation sites excluding steroid dienone is 1. The summed E-state index contributed by atoms with van der Waals surface area (Å²) in [5.41, 5.74) is 0. The van der Waals surface area contributed by atoms with Gasteiger partial charge in [-0.3, -0.25) is 4.79 Å². The number of aliphatic carboxylic acids is 1. The largest absolute Gasteiger partial charge is 0.516 e. The Labute approximate surface area is 67.4 Å². The molecule has 0 aliphatic rings. The van der Waals surface area contributed by atoms with Crippen LogP contribution in [-0.2, 0) is 4.79 Å². The van der Waals surface area contributed by atoms with E-state index >= 15 is 0 Å². The zero-order chi connectivity index (χ0) is 9.28. The number of carboxylic acids is 1. The summed E-state index contributed by atoms with van der Waals surface area (Å²) in [6.45, 7) is 5.61. The van der Waals surface area contributed by atoms with Crippen LogP contribution in [-0.4, -0.2) is 16.2 Å². The van der Waals surface area contributed by atoms with Crippen molar-refractivity contribution in [1.82, 2.24) is 0 Å². The molecule has 0 spiro atoms. The monoisotopic (exact) mass is 160 g/mol. The van der Waals surface area contributed by atoms with Gasteiger partial charge in [-0.2, -0.15) is 0 Å². The molecule has 0 unspecified atom stereocenters. The van der Waals surface area contributed by atoms with Crippen molar-refractivity contribution in [2.24, 2.45) is 5.92 Å². The van der Waals surface area contributed by atoms with E-state index < -0.39 is 5.97 Å². The SMILES string of the molecule is CC(C)C=CO.CCC(=O)O. The number of hydrogen-bond donors (Lipinski definition) is 2. The van der Waals surface area contributed by atoms with Gasteiger partial charge in [-0.15, -0.1) is 0 Å². The minimum absolute atomic E-state index is 0.222. The van der Waals surface area contributed by atoms with E-state index in [0.717, 1.165) is 6.26 Å². The minimum Gasteiger partial charge on any atom is -0.516 e. The molecule has 0 amide bonds. The van der Waals surface area contributed by atoms with Crippen LogP contribution in [0.4, 0.5) is 0 Å². The quantitative estimate of drug-likeness (QED) is 0.609. The molecular weight excluding hydrogens is 144 g/mol. The molecule has 0 bridgehead atoms. The maximum atomic E-state index is 9.37. The molecule has 0 rings (SSSR count). The maximum absolute atomic E-state index is 9.37. The second-order valence-electron chi connectivity index (χ2n) is 2.33. The highest BCUT2D eigenvalue weighted by atomic mass is 16.4. The van der Waals surface area contributed by atoms with Gasteiger partial charge in [0, 0.05) is 6.42 Å². The molecule has 0 aromatic rings. The average Bonchev–Trinajstić information content (AvgIpc) is 1.89. The van der Waals surface area contributed by atoms with E-state index in [0.29, 0.717) is 5.92 Å². The van der Waals surface area contributed by atoms with Crippen molar-refractivity contribution in [3.05, 3.63) is 12.3 Å². The van der Waals surface area contributed by atoms with Crippen molar-refractivity contribution < 1.29 is 15.0 Å². The molecule has 0 aromatic carbocycles. The standard InChI is InChI=1S/C5H10O.C3H6O2/c1-5(2)3-4-6;1-2-3(4)5/h3-6H,1-2H3;2H2,1H3,(H,4,5). The number of hydrogen-bond acceptors (Lipinski definition) is 2. The lowest BCUT2D eigenvalue weighted by Gasteiger charge is -1.86. The van der Waals surface area contributed by atoms with Gasteiger partial charge in [0.2, 0.25) is 0 Å². The summed E-state index contributed by atoms with van der Waals surface area (Å²) < 4.78 is 0. The van der Waals surface area contributed by atoms with Gasteiger partial charge in [0.1, 0.15) is 0 Å². The van der Waals surface area contributed by atoms with Gasteiger partial charge in [-0.25, -0.2) is 0 Å². The van der Waals surface area contributed by atoms with Crippen LogP contribution in [0.5, 0.6) is 0 Å². The van der Waals surface area contributed by atoms with Crippen molar-refractivity contribution in [2.45, 2.75) is 27.2 Å². The minimum atomic E-state index is -0.745. The van der Waals surface area contributed by atoms with Crippen LogP contribution in [0.3, 0.4) is 0 Å². The Morgan fingerprint density at radius 2 is 1.91 bits per heavy atom. The van der Waals surface area contributed by atoms with E-state index in [9.17, 15) is 4.79 Å². The molecular formula is C8H16O3. The first-order chi connectivity index (χ1) is 5.04. The van der Waals surface area contributed by atoms with Crippen LogP contribution < -0.4 is 0 Å². The van der Waals surface area contributed by atoms with Crippen LogP contribution >= 0.6 is 0 Å². The van der Waals surface area contributed by atoms with Gasteiger partial charge >= 0.3 is 5.97 Å². The summed E-state index contributed by atoms with van der Waals surface area (Å²) in [5, 5.41) is 15.8. The molecule has 3 nitrogen and oxygen atoms in total. The normalized spacial score (nSPS) is 9.45. The fraction of sp³-hybridized carbons (Fsp3) is 0.625. The molecule has 0 saturated carbocycles. The average molecular weight is 160 g/mol. The highest BCUT2D eigenvalue weighted by Gasteiger charge is 1.80. The highest BCUT2D eigenvalue weighted by molar-refractivity contribution is 5.66. The fourth-order valence-electron chi connectivity index (χ4n) is 0.172. The Morgan fingerprint density at radius 3 is 1.91 bits per heavy atom. The molecule has 3 heteroatoms. The van der Waals surface area contributed by atoms with Crippen LogP contribution in [0.1, 0.15) is 27.2 Å². The third-order valence-electron chi connectivity index (χ3n) is 0.773. The Kier molecular flexibility index (Phi) is 10.4. The van der Waals surface area contributed by atoms with E-state index in [4.69, 9.17) is 10.2 Å². The second kappa shape index (κ2) is 9.01. The Hall–Kier alpha value is -0.990. The summed E-state index contributed by atoms with van der Waals surface area (Å²) in [7, 11) is 0. The summed E-state index contributed by atoms with van der Waals surface area (Å²) in [5.74, 6) is -0.278. The zero-order valence-corrected chi connectivity index (χ0v) is 7.24. The molecule has 0 radical (unpaired) electrons. The van der Waals surface area contributed by atoms with E-state index in [1.165, 1.54) is 0 Å². The van der Waals surface area contributed by atoms with Crippen molar-refractivity contribution >= 4 is 5.97 Å². The smallest absolute Gasteiger partial charge is 0.303 e. The summed E-state index contributed by atoms with van der Waals surface area (Å²) >= 11 is 0. The van der Waals surface area contributed by atoms with E-state index in [-0.39, 0.29) is 6.42 Å². The molecule has 0 aliphatic heterocycles. The topological polar surface area (TPSA) is 57.5 Å². The second-order valence-corrected chi connectivity index (χ2v) is 2.33. The Morgan fingerprint density at radius 1 is 1.55 bits per heavy atom. The van der Waals surface area contributed by atoms with E-state index in [2.05, 4.69) is 0 Å². The van der Waals surface area contributed by atoms with Crippen LogP contribution in [0, 0.1) is 5.92 Å². The lowest BCUT2D eigenvalue weighted by Crippen LogP contribution is -1.86. The number of aliphatic hydroxyl groups excluding tert-OH is 1. The first-order valence-electron chi connectivity index (χ1n) is 3.57. The first-order valence-corrected chi connectivity index (χ1v) is 3.57. The molecule has 0 heterocycles.